The molecule has 0 spiro atoms. The van der Waals surface area contributed by atoms with E-state index in [0.717, 1.165) is 54.6 Å². The van der Waals surface area contributed by atoms with E-state index in [9.17, 15) is 9.18 Å². The molecule has 1 heterocycles. The Labute approximate surface area is 200 Å². The van der Waals surface area contributed by atoms with E-state index in [-0.39, 0.29) is 11.4 Å². The number of aromatic amines is 1. The van der Waals surface area contributed by atoms with Crippen LogP contribution in [0.1, 0.15) is 37.0 Å². The number of aromatic nitrogens is 1. The highest BCUT2D eigenvalue weighted by atomic mass is 32.1. The Morgan fingerprint density at radius 2 is 1.79 bits per heavy atom. The van der Waals surface area contributed by atoms with Crippen LogP contribution in [0.3, 0.4) is 0 Å². The number of nitrogens with zero attached hydrogens (tertiary/aromatic N) is 2. The Kier molecular flexibility index (Phi) is 8.97. The van der Waals surface area contributed by atoms with Crippen molar-refractivity contribution in [2.75, 3.05) is 26.2 Å². The minimum Gasteiger partial charge on any atom is -0.363 e. The predicted octanol–water partition coefficient (Wildman–Crippen LogP) is 4.58. The maximum atomic E-state index is 13.4. The molecule has 0 aliphatic rings. The number of pyridine rings is 1. The molecule has 0 saturated heterocycles. The molecule has 176 valence electrons. The van der Waals surface area contributed by atoms with Crippen LogP contribution in [0.4, 0.5) is 4.39 Å². The fourth-order valence-electron chi connectivity index (χ4n) is 3.84. The summed E-state index contributed by atoms with van der Waals surface area (Å²) in [5.41, 5.74) is 3.36. The summed E-state index contributed by atoms with van der Waals surface area (Å²) in [6, 6.07) is 14.3. The van der Waals surface area contributed by atoms with Crippen molar-refractivity contribution in [1.82, 2.24) is 20.1 Å². The Hall–Kier alpha value is -2.77. The number of halogens is 1. The molecule has 1 aromatic heterocycles. The average molecular weight is 469 g/mol. The van der Waals surface area contributed by atoms with Gasteiger partial charge in [-0.15, -0.1) is 0 Å². The van der Waals surface area contributed by atoms with E-state index < -0.39 is 0 Å². The standard InChI is InChI=1S/C26H33FN4OS/c1-4-30(5-2)14-6-13-28-26(33)31(17-20-8-11-23(27)12-9-20)18-22-16-21-10-7-19(3)15-24(21)29-25(22)32/h7-12,15-16H,4-6,13-14,17-18H2,1-3H3,(H,28,33)(H,29,32). The van der Waals surface area contributed by atoms with Gasteiger partial charge in [0.25, 0.3) is 5.56 Å². The molecular weight excluding hydrogens is 435 g/mol. The van der Waals surface area contributed by atoms with Crippen molar-refractivity contribution in [2.45, 2.75) is 40.3 Å². The fraction of sp³-hybridized carbons (Fsp3) is 0.385. The topological polar surface area (TPSA) is 51.4 Å². The first kappa shape index (κ1) is 24.9. The highest BCUT2D eigenvalue weighted by molar-refractivity contribution is 7.80. The monoisotopic (exact) mass is 468 g/mol. The zero-order valence-electron chi connectivity index (χ0n) is 19.7. The SMILES string of the molecule is CCN(CC)CCCNC(=S)N(Cc1ccc(F)cc1)Cc1cc2ccc(C)cc2[nH]c1=O. The zero-order valence-corrected chi connectivity index (χ0v) is 20.5. The Bertz CT molecular complexity index is 1130. The van der Waals surface area contributed by atoms with Crippen LogP contribution in [0.25, 0.3) is 10.9 Å². The number of thiocarbonyl (C=S) groups is 1. The number of H-pyrrole nitrogens is 1. The van der Waals surface area contributed by atoms with Gasteiger partial charge in [0, 0.05) is 24.2 Å². The molecule has 5 nitrogen and oxygen atoms in total. The average Bonchev–Trinajstić information content (AvgIpc) is 2.80. The van der Waals surface area contributed by atoms with Crippen molar-refractivity contribution in [3.63, 3.8) is 0 Å². The Morgan fingerprint density at radius 3 is 2.48 bits per heavy atom. The molecule has 3 rings (SSSR count). The van der Waals surface area contributed by atoms with Gasteiger partial charge in [0.05, 0.1) is 6.54 Å². The van der Waals surface area contributed by atoms with Gasteiger partial charge >= 0.3 is 0 Å². The normalized spacial score (nSPS) is 11.2. The molecule has 3 aromatic rings. The second-order valence-corrected chi connectivity index (χ2v) is 8.70. The van der Waals surface area contributed by atoms with Crippen LogP contribution < -0.4 is 10.9 Å². The molecule has 0 aliphatic heterocycles. The van der Waals surface area contributed by atoms with Crippen LogP contribution in [-0.2, 0) is 13.1 Å². The van der Waals surface area contributed by atoms with Crippen LogP contribution in [0.2, 0.25) is 0 Å². The predicted molar refractivity (Wildman–Crippen MR) is 138 cm³/mol. The zero-order chi connectivity index (χ0) is 23.8. The molecule has 33 heavy (non-hydrogen) atoms. The van der Waals surface area contributed by atoms with E-state index >= 15 is 0 Å². The minimum atomic E-state index is -0.274. The minimum absolute atomic E-state index is 0.124. The lowest BCUT2D eigenvalue weighted by Gasteiger charge is -2.26. The molecule has 0 fully saturated rings. The summed E-state index contributed by atoms with van der Waals surface area (Å²) in [5.74, 6) is -0.274. The van der Waals surface area contributed by atoms with Crippen LogP contribution in [0.5, 0.6) is 0 Å². The van der Waals surface area contributed by atoms with Crippen molar-refractivity contribution in [3.05, 3.63) is 81.4 Å². The molecule has 0 aliphatic carbocycles. The first-order chi connectivity index (χ1) is 15.9. The van der Waals surface area contributed by atoms with Gasteiger partial charge in [-0.1, -0.05) is 38.1 Å². The molecular formula is C26H33FN4OS. The highest BCUT2D eigenvalue weighted by Crippen LogP contribution is 2.15. The number of aryl methyl sites for hydroxylation is 1. The van der Waals surface area contributed by atoms with Crippen LogP contribution >= 0.6 is 12.2 Å². The smallest absolute Gasteiger partial charge is 0.253 e. The van der Waals surface area contributed by atoms with Crippen molar-refractivity contribution in [2.24, 2.45) is 0 Å². The van der Waals surface area contributed by atoms with Gasteiger partial charge < -0.3 is 20.1 Å². The molecule has 0 saturated carbocycles. The van der Waals surface area contributed by atoms with Gasteiger partial charge in [-0.25, -0.2) is 4.39 Å². The Morgan fingerprint density at radius 1 is 1.06 bits per heavy atom. The molecule has 2 aromatic carbocycles. The Balaban J connectivity index is 1.76. The number of nitrogens with one attached hydrogen (secondary N) is 2. The van der Waals surface area contributed by atoms with Gasteiger partial charge in [0.1, 0.15) is 5.82 Å². The molecule has 0 bridgehead atoms. The van der Waals surface area contributed by atoms with Crippen molar-refractivity contribution in [1.29, 1.82) is 0 Å². The number of hydrogen-bond acceptors (Lipinski definition) is 3. The summed E-state index contributed by atoms with van der Waals surface area (Å²) in [6.45, 7) is 11.0. The molecule has 0 amide bonds. The van der Waals surface area contributed by atoms with E-state index in [4.69, 9.17) is 12.2 Å². The van der Waals surface area contributed by atoms with Gasteiger partial charge in [0.2, 0.25) is 0 Å². The third-order valence-electron chi connectivity index (χ3n) is 5.84. The highest BCUT2D eigenvalue weighted by Gasteiger charge is 2.14. The molecule has 0 radical (unpaired) electrons. The maximum absolute atomic E-state index is 13.4. The third-order valence-corrected chi connectivity index (χ3v) is 6.24. The molecule has 7 heteroatoms. The van der Waals surface area contributed by atoms with Crippen LogP contribution in [-0.4, -0.2) is 46.1 Å². The number of hydrogen-bond donors (Lipinski definition) is 2. The first-order valence-electron chi connectivity index (χ1n) is 11.5. The van der Waals surface area contributed by atoms with Crippen molar-refractivity contribution < 1.29 is 4.39 Å². The maximum Gasteiger partial charge on any atom is 0.253 e. The third kappa shape index (κ3) is 7.11. The van der Waals surface area contributed by atoms with E-state index in [0.29, 0.717) is 23.8 Å². The first-order valence-corrected chi connectivity index (χ1v) is 11.9. The van der Waals surface area contributed by atoms with Crippen molar-refractivity contribution >= 4 is 28.2 Å². The van der Waals surface area contributed by atoms with Crippen LogP contribution in [0.15, 0.2) is 53.3 Å². The molecule has 0 atom stereocenters. The molecule has 0 unspecified atom stereocenters. The lowest BCUT2D eigenvalue weighted by Crippen LogP contribution is -2.41. The quantitative estimate of drug-likeness (QED) is 0.337. The summed E-state index contributed by atoms with van der Waals surface area (Å²) in [5, 5.41) is 4.91. The molecule has 2 N–H and O–H groups in total. The lowest BCUT2D eigenvalue weighted by atomic mass is 10.1. The van der Waals surface area contributed by atoms with Gasteiger partial charge in [-0.3, -0.25) is 4.79 Å². The number of rotatable bonds is 10. The lowest BCUT2D eigenvalue weighted by molar-refractivity contribution is 0.299. The van der Waals surface area contributed by atoms with Gasteiger partial charge in [-0.2, -0.15) is 0 Å². The van der Waals surface area contributed by atoms with Gasteiger partial charge in [-0.05, 0) is 86.0 Å². The summed E-state index contributed by atoms with van der Waals surface area (Å²) in [6.07, 6.45) is 0.974. The second kappa shape index (κ2) is 11.9. The second-order valence-electron chi connectivity index (χ2n) is 8.31. The van der Waals surface area contributed by atoms with Crippen molar-refractivity contribution in [3.8, 4) is 0 Å². The summed E-state index contributed by atoms with van der Waals surface area (Å²) in [4.78, 5) is 20.1. The van der Waals surface area contributed by atoms with E-state index in [2.05, 4.69) is 29.0 Å². The summed E-state index contributed by atoms with van der Waals surface area (Å²) in [7, 11) is 0. The summed E-state index contributed by atoms with van der Waals surface area (Å²) < 4.78 is 13.4. The number of benzene rings is 2. The largest absolute Gasteiger partial charge is 0.363 e. The van der Waals surface area contributed by atoms with Gasteiger partial charge in [0.15, 0.2) is 5.11 Å². The van der Waals surface area contributed by atoms with E-state index in [1.807, 2.05) is 36.1 Å². The van der Waals surface area contributed by atoms with E-state index in [1.54, 1.807) is 12.1 Å². The fourth-order valence-corrected chi connectivity index (χ4v) is 4.07. The number of fused-ring (bicyclic) bond motifs is 1. The summed E-state index contributed by atoms with van der Waals surface area (Å²) >= 11 is 5.71. The van der Waals surface area contributed by atoms with Crippen LogP contribution in [0, 0.1) is 12.7 Å². The van der Waals surface area contributed by atoms with E-state index in [1.165, 1.54) is 12.1 Å².